The van der Waals surface area contributed by atoms with Gasteiger partial charge in [-0.3, -0.25) is 10.2 Å². The van der Waals surface area contributed by atoms with Crippen molar-refractivity contribution in [1.82, 2.24) is 9.58 Å². The van der Waals surface area contributed by atoms with Crippen LogP contribution < -0.4 is 0 Å². The van der Waals surface area contributed by atoms with Gasteiger partial charge in [-0.15, -0.1) is 11.3 Å². The topological polar surface area (TPSA) is 73.8 Å². The van der Waals surface area contributed by atoms with Gasteiger partial charge in [0.2, 0.25) is 5.17 Å². The van der Waals surface area contributed by atoms with Crippen molar-refractivity contribution in [2.24, 2.45) is 10.1 Å². The summed E-state index contributed by atoms with van der Waals surface area (Å²) in [6, 6.07) is 12.5. The Balaban J connectivity index is 1.49. The molecule has 4 heterocycles. The van der Waals surface area contributed by atoms with Crippen LogP contribution in [0.1, 0.15) is 33.0 Å². The average Bonchev–Trinajstić information content (AvgIpc) is 3.48. The van der Waals surface area contributed by atoms with Crippen LogP contribution in [0.5, 0.6) is 0 Å². The molecule has 33 heavy (non-hydrogen) atoms. The number of carbonyl (C=O) groups is 1. The fraction of sp³-hybridized carbons (Fsp3) is 0.200. The summed E-state index contributed by atoms with van der Waals surface area (Å²) in [4.78, 5) is 18.3. The molecule has 0 bridgehead atoms. The molecule has 0 spiro atoms. The van der Waals surface area contributed by atoms with Gasteiger partial charge in [-0.2, -0.15) is 15.1 Å². The number of amidine groups is 2. The molecule has 0 atom stereocenters. The molecule has 3 aromatic rings. The number of thiophene rings is 1. The van der Waals surface area contributed by atoms with Crippen molar-refractivity contribution in [3.8, 4) is 5.69 Å². The van der Waals surface area contributed by atoms with Gasteiger partial charge < -0.3 is 4.57 Å². The summed E-state index contributed by atoms with van der Waals surface area (Å²) in [7, 11) is 0. The quantitative estimate of drug-likeness (QED) is 0.499. The molecule has 2 aliphatic rings. The fourth-order valence-corrected chi connectivity index (χ4v) is 5.79. The van der Waals surface area contributed by atoms with Crippen LogP contribution in [0.15, 0.2) is 57.4 Å². The Morgan fingerprint density at radius 3 is 2.70 bits per heavy atom. The number of nitrogens with one attached hydrogen (secondary N) is 1. The third-order valence-electron chi connectivity index (χ3n) is 5.78. The average molecular weight is 474 g/mol. The van der Waals surface area contributed by atoms with Crippen molar-refractivity contribution in [2.45, 2.75) is 34.1 Å². The van der Waals surface area contributed by atoms with Crippen LogP contribution in [-0.4, -0.2) is 31.5 Å². The van der Waals surface area contributed by atoms with Gasteiger partial charge in [0.25, 0.3) is 5.91 Å². The highest BCUT2D eigenvalue weighted by molar-refractivity contribution is 8.27. The van der Waals surface area contributed by atoms with E-state index in [1.165, 1.54) is 32.8 Å². The summed E-state index contributed by atoms with van der Waals surface area (Å²) in [5, 5.41) is 18.0. The predicted octanol–water partition coefficient (Wildman–Crippen LogP) is 5.63. The highest BCUT2D eigenvalue weighted by Crippen LogP contribution is 2.31. The first-order chi connectivity index (χ1) is 15.8. The van der Waals surface area contributed by atoms with Gasteiger partial charge in [0, 0.05) is 28.4 Å². The van der Waals surface area contributed by atoms with E-state index in [1.54, 1.807) is 17.4 Å². The first kappa shape index (κ1) is 21.6. The largest absolute Gasteiger partial charge is 0.318 e. The van der Waals surface area contributed by atoms with E-state index in [-0.39, 0.29) is 11.4 Å². The zero-order valence-electron chi connectivity index (χ0n) is 18.8. The molecule has 6 nitrogen and oxygen atoms in total. The molecule has 0 aliphatic carbocycles. The second-order valence-electron chi connectivity index (χ2n) is 8.22. The Bertz CT molecular complexity index is 1390. The number of amides is 1. The first-order valence-electron chi connectivity index (χ1n) is 10.6. The second-order valence-corrected chi connectivity index (χ2v) is 10.3. The lowest BCUT2D eigenvalue weighted by molar-refractivity contribution is -0.114. The molecular formula is C25H23N5OS2. The molecule has 5 rings (SSSR count). The number of hydrogen-bond acceptors (Lipinski definition) is 5. The predicted molar refractivity (Wildman–Crippen MR) is 138 cm³/mol. The van der Waals surface area contributed by atoms with Crippen molar-refractivity contribution >= 4 is 51.1 Å². The summed E-state index contributed by atoms with van der Waals surface area (Å²) in [5.41, 5.74) is 6.73. The van der Waals surface area contributed by atoms with Gasteiger partial charge in [0.15, 0.2) is 5.84 Å². The standard InChI is InChI=1S/C25H23N5OS2/c1-14-7-8-15(2)21(10-14)29-16(3)11-18(17(29)4)12-20-23(26)30-25(27-24(20)31)33-22(28-30)13-19-6-5-9-32-19/h5-12,26H,13H2,1-4H3. The van der Waals surface area contributed by atoms with Crippen LogP contribution >= 0.6 is 23.1 Å². The zero-order chi connectivity index (χ0) is 23.3. The Labute approximate surface area is 200 Å². The summed E-state index contributed by atoms with van der Waals surface area (Å²) in [5.74, 6) is -0.335. The maximum atomic E-state index is 12.9. The van der Waals surface area contributed by atoms with E-state index in [9.17, 15) is 4.79 Å². The number of aryl methyl sites for hydroxylation is 3. The maximum absolute atomic E-state index is 12.9. The molecule has 1 amide bonds. The van der Waals surface area contributed by atoms with E-state index in [0.29, 0.717) is 11.6 Å². The van der Waals surface area contributed by atoms with E-state index in [1.807, 2.05) is 24.4 Å². The highest BCUT2D eigenvalue weighted by atomic mass is 32.2. The normalized spacial score (nSPS) is 17.0. The minimum Gasteiger partial charge on any atom is -0.318 e. The van der Waals surface area contributed by atoms with Gasteiger partial charge in [0.05, 0.1) is 5.57 Å². The fourth-order valence-electron chi connectivity index (χ4n) is 4.09. The van der Waals surface area contributed by atoms with Gasteiger partial charge in [0.1, 0.15) is 5.04 Å². The van der Waals surface area contributed by atoms with Crippen LogP contribution in [0.4, 0.5) is 0 Å². The molecule has 0 fully saturated rings. The SMILES string of the molecule is Cc1ccc(C)c(-n2c(C)cc(C=C3C(=N)N4N=C(Cc5cccs5)SC4=NC3=O)c2C)c1. The molecule has 166 valence electrons. The zero-order valence-corrected chi connectivity index (χ0v) is 20.5. The molecule has 0 unspecified atom stereocenters. The molecule has 0 saturated heterocycles. The van der Waals surface area contributed by atoms with E-state index >= 15 is 0 Å². The Morgan fingerprint density at radius 2 is 1.94 bits per heavy atom. The number of aliphatic imine (C=N–C) groups is 1. The van der Waals surface area contributed by atoms with Crippen molar-refractivity contribution in [3.63, 3.8) is 0 Å². The molecule has 0 radical (unpaired) electrons. The third-order valence-corrected chi connectivity index (χ3v) is 7.56. The second kappa shape index (κ2) is 8.28. The summed E-state index contributed by atoms with van der Waals surface area (Å²) >= 11 is 3.02. The van der Waals surface area contributed by atoms with E-state index < -0.39 is 5.91 Å². The molecule has 1 N–H and O–H groups in total. The lowest BCUT2D eigenvalue weighted by Crippen LogP contribution is -2.35. The Morgan fingerprint density at radius 1 is 1.12 bits per heavy atom. The number of thioether (sulfide) groups is 1. The highest BCUT2D eigenvalue weighted by Gasteiger charge is 2.35. The van der Waals surface area contributed by atoms with Gasteiger partial charge >= 0.3 is 0 Å². The lowest BCUT2D eigenvalue weighted by Gasteiger charge is -2.20. The van der Waals surface area contributed by atoms with Crippen LogP contribution in [0.25, 0.3) is 11.8 Å². The number of hydrazone groups is 1. The van der Waals surface area contributed by atoms with Crippen molar-refractivity contribution < 1.29 is 4.79 Å². The number of fused-ring (bicyclic) bond motifs is 1. The molecule has 1 aromatic carbocycles. The maximum Gasteiger partial charge on any atom is 0.283 e. The van der Waals surface area contributed by atoms with E-state index in [4.69, 9.17) is 5.41 Å². The summed E-state index contributed by atoms with van der Waals surface area (Å²) in [6.45, 7) is 8.27. The van der Waals surface area contributed by atoms with Crippen LogP contribution in [-0.2, 0) is 11.2 Å². The lowest BCUT2D eigenvalue weighted by atomic mass is 10.1. The van der Waals surface area contributed by atoms with E-state index in [0.717, 1.165) is 27.7 Å². The summed E-state index contributed by atoms with van der Waals surface area (Å²) in [6.07, 6.45) is 2.45. The number of nitrogens with zero attached hydrogens (tertiary/aromatic N) is 4. The minimum absolute atomic E-state index is 0.0650. The van der Waals surface area contributed by atoms with Crippen molar-refractivity contribution in [3.05, 3.63) is 80.3 Å². The van der Waals surface area contributed by atoms with Crippen LogP contribution in [0.2, 0.25) is 0 Å². The number of carbonyl (C=O) groups excluding carboxylic acids is 1. The van der Waals surface area contributed by atoms with Crippen molar-refractivity contribution in [2.75, 3.05) is 0 Å². The van der Waals surface area contributed by atoms with Gasteiger partial charge in [-0.25, -0.2) is 0 Å². The number of benzene rings is 1. The minimum atomic E-state index is -0.400. The van der Waals surface area contributed by atoms with Crippen LogP contribution in [0, 0.1) is 33.1 Å². The number of hydrogen-bond donors (Lipinski definition) is 1. The van der Waals surface area contributed by atoms with Gasteiger partial charge in [-0.1, -0.05) is 18.2 Å². The van der Waals surface area contributed by atoms with Crippen LogP contribution in [0.3, 0.4) is 0 Å². The molecule has 2 aromatic heterocycles. The smallest absolute Gasteiger partial charge is 0.283 e. The number of rotatable bonds is 4. The molecular weight excluding hydrogens is 450 g/mol. The van der Waals surface area contributed by atoms with Crippen molar-refractivity contribution in [1.29, 1.82) is 5.41 Å². The Hall–Kier alpha value is -3.23. The number of aromatic nitrogens is 1. The van der Waals surface area contributed by atoms with Gasteiger partial charge in [-0.05, 0) is 85.8 Å². The monoisotopic (exact) mass is 473 g/mol. The molecule has 0 saturated carbocycles. The molecule has 8 heteroatoms. The summed E-state index contributed by atoms with van der Waals surface area (Å²) < 4.78 is 2.20. The molecule has 2 aliphatic heterocycles. The van der Waals surface area contributed by atoms with E-state index in [2.05, 4.69) is 59.7 Å². The third kappa shape index (κ3) is 3.89. The Kier molecular flexibility index (Phi) is 5.42. The first-order valence-corrected chi connectivity index (χ1v) is 12.3.